The zero-order valence-corrected chi connectivity index (χ0v) is 18.5. The molecule has 0 bridgehead atoms. The number of anilines is 1. The van der Waals surface area contributed by atoms with Crippen molar-refractivity contribution in [3.05, 3.63) is 58.7 Å². The van der Waals surface area contributed by atoms with E-state index in [4.69, 9.17) is 0 Å². The maximum atomic E-state index is 13.2. The van der Waals surface area contributed by atoms with Gasteiger partial charge in [0, 0.05) is 11.3 Å². The average molecular weight is 497 g/mol. The van der Waals surface area contributed by atoms with Crippen LogP contribution >= 0.6 is 0 Å². The number of hydrogen-bond acceptors (Lipinski definition) is 4. The molecule has 0 aromatic heterocycles. The summed E-state index contributed by atoms with van der Waals surface area (Å²) in [5.74, 6) is -0.728. The summed E-state index contributed by atoms with van der Waals surface area (Å²) in [7, 11) is -3.42. The number of carbonyl (C=O) groups excluding carboxylic acids is 1. The molecule has 0 aliphatic heterocycles. The molecular formula is C21H21F6NO4S. The Bertz CT molecular complexity index is 1100. The van der Waals surface area contributed by atoms with Crippen LogP contribution in [-0.2, 0) is 26.7 Å². The van der Waals surface area contributed by atoms with Gasteiger partial charge in [-0.3, -0.25) is 4.79 Å². The minimum absolute atomic E-state index is 0.0596. The highest BCUT2D eigenvalue weighted by molar-refractivity contribution is 7.91. The topological polar surface area (TPSA) is 83.5 Å². The highest BCUT2D eigenvalue weighted by Gasteiger charge is 2.72. The third-order valence-corrected chi connectivity index (χ3v) is 6.78. The molecule has 0 heterocycles. The number of sulfone groups is 1. The first-order valence-electron chi connectivity index (χ1n) is 9.53. The van der Waals surface area contributed by atoms with E-state index in [1.807, 2.05) is 0 Å². The van der Waals surface area contributed by atoms with Crippen LogP contribution in [-0.4, -0.2) is 37.5 Å². The average Bonchev–Trinajstić information content (AvgIpc) is 2.65. The van der Waals surface area contributed by atoms with E-state index in [1.165, 1.54) is 31.2 Å². The van der Waals surface area contributed by atoms with Gasteiger partial charge in [0.15, 0.2) is 9.84 Å². The molecule has 0 aliphatic carbocycles. The Labute approximate surface area is 186 Å². The maximum Gasteiger partial charge on any atom is 0.430 e. The Morgan fingerprint density at radius 1 is 0.939 bits per heavy atom. The molecule has 0 atom stereocenters. The minimum atomic E-state index is -6.02. The molecule has 2 rings (SSSR count). The Hall–Kier alpha value is -2.60. The number of hydrogen-bond donors (Lipinski definition) is 2. The second-order valence-electron chi connectivity index (χ2n) is 7.46. The largest absolute Gasteiger partial charge is 0.430 e. The molecule has 2 aromatic rings. The van der Waals surface area contributed by atoms with Crippen molar-refractivity contribution in [3.8, 4) is 0 Å². The second-order valence-corrected chi connectivity index (χ2v) is 9.74. The third-order valence-electron chi connectivity index (χ3n) is 5.03. The highest BCUT2D eigenvalue weighted by atomic mass is 32.2. The highest BCUT2D eigenvalue weighted by Crippen LogP contribution is 2.52. The lowest BCUT2D eigenvalue weighted by Crippen LogP contribution is -2.54. The zero-order chi connectivity index (χ0) is 25.4. The number of alkyl halides is 6. The first kappa shape index (κ1) is 26.7. The first-order valence-corrected chi connectivity index (χ1v) is 11.2. The molecule has 0 saturated carbocycles. The number of nitrogens with one attached hydrogen (secondary N) is 1. The van der Waals surface area contributed by atoms with Gasteiger partial charge >= 0.3 is 12.4 Å². The zero-order valence-electron chi connectivity index (χ0n) is 17.7. The van der Waals surface area contributed by atoms with Crippen molar-refractivity contribution in [2.24, 2.45) is 0 Å². The summed E-state index contributed by atoms with van der Waals surface area (Å²) in [6.07, 6.45) is -12.3. The Morgan fingerprint density at radius 3 is 1.79 bits per heavy atom. The smallest absolute Gasteiger partial charge is 0.369 e. The SMILES string of the molecule is CCS(=O)(=O)c1ccc(CC(=O)Nc2cc(C)c(C(O)(C(F)(F)F)C(F)(F)F)c(C)c2)cc1. The van der Waals surface area contributed by atoms with E-state index in [0.29, 0.717) is 5.56 Å². The molecule has 0 spiro atoms. The van der Waals surface area contributed by atoms with Gasteiger partial charge < -0.3 is 10.4 Å². The summed E-state index contributed by atoms with van der Waals surface area (Å²) >= 11 is 0. The van der Waals surface area contributed by atoms with Gasteiger partial charge in [-0.25, -0.2) is 8.42 Å². The molecule has 0 aliphatic rings. The summed E-state index contributed by atoms with van der Waals surface area (Å²) in [5, 5.41) is 12.1. The number of rotatable bonds is 6. The predicted molar refractivity (Wildman–Crippen MR) is 108 cm³/mol. The van der Waals surface area contributed by atoms with Gasteiger partial charge in [-0.2, -0.15) is 26.3 Å². The molecule has 12 heteroatoms. The van der Waals surface area contributed by atoms with Crippen LogP contribution in [0.3, 0.4) is 0 Å². The van der Waals surface area contributed by atoms with Gasteiger partial charge in [0.2, 0.25) is 5.91 Å². The van der Waals surface area contributed by atoms with Gasteiger partial charge in [0.05, 0.1) is 17.1 Å². The summed E-state index contributed by atoms with van der Waals surface area (Å²) in [6.45, 7) is 3.41. The quantitative estimate of drug-likeness (QED) is 0.572. The molecule has 2 aromatic carbocycles. The lowest BCUT2D eigenvalue weighted by Gasteiger charge is -2.35. The van der Waals surface area contributed by atoms with Gasteiger partial charge in [-0.1, -0.05) is 19.1 Å². The molecule has 5 nitrogen and oxygen atoms in total. The molecule has 0 unspecified atom stereocenters. The fourth-order valence-corrected chi connectivity index (χ4v) is 4.31. The van der Waals surface area contributed by atoms with E-state index in [1.54, 1.807) is 0 Å². The molecule has 0 radical (unpaired) electrons. The van der Waals surface area contributed by atoms with Gasteiger partial charge in [-0.15, -0.1) is 0 Å². The van der Waals surface area contributed by atoms with Crippen molar-refractivity contribution < 1.29 is 44.7 Å². The van der Waals surface area contributed by atoms with Gasteiger partial charge in [-0.05, 0) is 54.8 Å². The second kappa shape index (κ2) is 8.98. The lowest BCUT2D eigenvalue weighted by atomic mass is 9.85. The fraction of sp³-hybridized carbons (Fsp3) is 0.381. The number of carbonyl (C=O) groups is 1. The van der Waals surface area contributed by atoms with Crippen LogP contribution in [0.15, 0.2) is 41.3 Å². The van der Waals surface area contributed by atoms with E-state index >= 15 is 0 Å². The van der Waals surface area contributed by atoms with E-state index in [-0.39, 0.29) is 22.8 Å². The molecule has 1 amide bonds. The predicted octanol–water partition coefficient (Wildman–Crippen LogP) is 4.59. The van der Waals surface area contributed by atoms with Crippen molar-refractivity contribution in [1.29, 1.82) is 0 Å². The van der Waals surface area contributed by atoms with E-state index in [0.717, 1.165) is 26.0 Å². The molecule has 182 valence electrons. The monoisotopic (exact) mass is 497 g/mol. The summed E-state index contributed by atoms with van der Waals surface area (Å²) in [6, 6.07) is 7.32. The van der Waals surface area contributed by atoms with Crippen molar-refractivity contribution in [1.82, 2.24) is 0 Å². The van der Waals surface area contributed by atoms with Crippen molar-refractivity contribution in [3.63, 3.8) is 0 Å². The first-order chi connectivity index (χ1) is 14.9. The van der Waals surface area contributed by atoms with Gasteiger partial charge in [0.1, 0.15) is 0 Å². The Kier molecular flexibility index (Phi) is 7.25. The molecule has 0 saturated heterocycles. The van der Waals surface area contributed by atoms with Crippen LogP contribution in [0.5, 0.6) is 0 Å². The summed E-state index contributed by atoms with van der Waals surface area (Å²) in [4.78, 5) is 12.4. The van der Waals surface area contributed by atoms with Crippen molar-refractivity contribution in [2.75, 3.05) is 11.1 Å². The van der Waals surface area contributed by atoms with Crippen LogP contribution in [0.4, 0.5) is 32.0 Å². The Balaban J connectivity index is 2.29. The van der Waals surface area contributed by atoms with Crippen molar-refractivity contribution in [2.45, 2.75) is 50.0 Å². The molecular weight excluding hydrogens is 476 g/mol. The number of aryl methyl sites for hydroxylation is 2. The molecule has 0 fully saturated rings. The summed E-state index contributed by atoms with van der Waals surface area (Å²) in [5.41, 5.74) is -7.08. The Morgan fingerprint density at radius 2 is 1.39 bits per heavy atom. The fourth-order valence-electron chi connectivity index (χ4n) is 3.42. The standard InChI is InChI=1S/C21H21F6NO4S/c1-4-33(31,32)16-7-5-14(6-8-16)11-17(29)28-15-9-12(2)18(13(3)10-15)19(30,20(22,23)24)21(25,26)27/h5-10,30H,4,11H2,1-3H3,(H,28,29). The number of amides is 1. The van der Waals surface area contributed by atoms with Crippen LogP contribution in [0.2, 0.25) is 0 Å². The van der Waals surface area contributed by atoms with Crippen molar-refractivity contribution >= 4 is 21.4 Å². The van der Waals surface area contributed by atoms with E-state index in [2.05, 4.69) is 5.32 Å². The summed E-state index contributed by atoms with van der Waals surface area (Å²) < 4.78 is 103. The van der Waals surface area contributed by atoms with Gasteiger partial charge in [0.25, 0.3) is 5.60 Å². The maximum absolute atomic E-state index is 13.2. The number of benzene rings is 2. The van der Waals surface area contributed by atoms with Crippen LogP contribution in [0, 0.1) is 13.8 Å². The number of halogens is 6. The van der Waals surface area contributed by atoms with Crippen LogP contribution in [0.1, 0.15) is 29.2 Å². The van der Waals surface area contributed by atoms with Crippen LogP contribution < -0.4 is 5.32 Å². The lowest BCUT2D eigenvalue weighted by molar-refractivity contribution is -0.376. The molecule has 2 N–H and O–H groups in total. The normalized spacial score (nSPS) is 13.2. The van der Waals surface area contributed by atoms with Crippen LogP contribution in [0.25, 0.3) is 0 Å². The minimum Gasteiger partial charge on any atom is -0.369 e. The van der Waals surface area contributed by atoms with E-state index in [9.17, 15) is 44.7 Å². The molecule has 33 heavy (non-hydrogen) atoms. The number of aliphatic hydroxyl groups is 1. The third kappa shape index (κ3) is 5.32. The van der Waals surface area contributed by atoms with E-state index < -0.39 is 50.4 Å².